The highest BCUT2D eigenvalue weighted by Gasteiger charge is 2.35. The largest absolute Gasteiger partial charge is 0.450 e. The molecule has 1 N–H and O–H groups in total. The van der Waals surface area contributed by atoms with Crippen LogP contribution < -0.4 is 0 Å². The number of nitrogens with zero attached hydrogens (tertiary/aromatic N) is 3. The van der Waals surface area contributed by atoms with Crippen molar-refractivity contribution in [1.82, 2.24) is 5.01 Å². The molecule has 2 aliphatic heterocycles. The van der Waals surface area contributed by atoms with Crippen molar-refractivity contribution in [1.29, 1.82) is 5.41 Å². The molecule has 0 atom stereocenters. The molecule has 0 saturated heterocycles. The van der Waals surface area contributed by atoms with E-state index in [2.05, 4.69) is 17.0 Å². The number of carbonyl (C=O) groups is 1. The fourth-order valence-electron chi connectivity index (χ4n) is 3.31. The number of hydrogen-bond donors (Lipinski definition) is 1. The highest BCUT2D eigenvalue weighted by molar-refractivity contribution is 8.26. The highest BCUT2D eigenvalue weighted by Crippen LogP contribution is 2.35. The van der Waals surface area contributed by atoms with Gasteiger partial charge < -0.3 is 4.42 Å². The lowest BCUT2D eigenvalue weighted by atomic mass is 10.0. The maximum atomic E-state index is 12.4. The average molecular weight is 403 g/mol. The molecule has 0 unspecified atom stereocenters. The summed E-state index contributed by atoms with van der Waals surface area (Å²) in [7, 11) is 0. The summed E-state index contributed by atoms with van der Waals surface area (Å²) in [5, 5.41) is 17.1. The molecule has 1 aliphatic carbocycles. The van der Waals surface area contributed by atoms with Crippen molar-refractivity contribution in [2.45, 2.75) is 62.2 Å². The molecule has 27 heavy (non-hydrogen) atoms. The molecule has 0 radical (unpaired) electrons. The SMILES string of the molecule is CCCC1=NN2C(=N)/C(=C\c3ccc(SC4CCCCC4)o3)C(=O)N=C2S1. The lowest BCUT2D eigenvalue weighted by molar-refractivity contribution is -0.114. The Morgan fingerprint density at radius 1 is 1.37 bits per heavy atom. The van der Waals surface area contributed by atoms with Crippen LogP contribution in [0.25, 0.3) is 6.08 Å². The van der Waals surface area contributed by atoms with Crippen LogP contribution in [0, 0.1) is 5.41 Å². The predicted octanol–water partition coefficient (Wildman–Crippen LogP) is 5.12. The molecular weight excluding hydrogens is 380 g/mol. The van der Waals surface area contributed by atoms with Crippen LogP contribution in [0.2, 0.25) is 0 Å². The molecule has 1 aromatic heterocycles. The van der Waals surface area contributed by atoms with Crippen LogP contribution in [0.4, 0.5) is 0 Å². The van der Waals surface area contributed by atoms with Crippen molar-refractivity contribution < 1.29 is 9.21 Å². The third kappa shape index (κ3) is 4.06. The second-order valence-electron chi connectivity index (χ2n) is 6.80. The van der Waals surface area contributed by atoms with Gasteiger partial charge in [0.1, 0.15) is 10.8 Å². The summed E-state index contributed by atoms with van der Waals surface area (Å²) in [5.74, 6) is 0.218. The van der Waals surface area contributed by atoms with E-state index in [4.69, 9.17) is 9.83 Å². The normalized spacial score (nSPS) is 22.3. The zero-order valence-corrected chi connectivity index (χ0v) is 16.9. The second-order valence-corrected chi connectivity index (χ2v) is 9.14. The number of rotatable bonds is 5. The molecule has 6 nitrogen and oxygen atoms in total. The number of amides is 1. The zero-order valence-electron chi connectivity index (χ0n) is 15.2. The van der Waals surface area contributed by atoms with E-state index in [0.717, 1.165) is 23.0 Å². The molecule has 0 spiro atoms. The third-order valence-electron chi connectivity index (χ3n) is 4.68. The number of amidine groups is 2. The molecule has 1 fully saturated rings. The van der Waals surface area contributed by atoms with E-state index in [9.17, 15) is 4.79 Å². The van der Waals surface area contributed by atoms with Gasteiger partial charge in [0.25, 0.3) is 5.91 Å². The Bertz CT molecular complexity index is 850. The van der Waals surface area contributed by atoms with Crippen molar-refractivity contribution in [3.8, 4) is 0 Å². The van der Waals surface area contributed by atoms with Crippen molar-refractivity contribution in [3.63, 3.8) is 0 Å². The van der Waals surface area contributed by atoms with Gasteiger partial charge in [-0.05, 0) is 55.7 Å². The predicted molar refractivity (Wildman–Crippen MR) is 111 cm³/mol. The minimum Gasteiger partial charge on any atom is -0.450 e. The molecule has 0 aromatic carbocycles. The van der Waals surface area contributed by atoms with E-state index in [1.807, 2.05) is 12.1 Å². The number of nitrogens with one attached hydrogen (secondary N) is 1. The molecule has 1 saturated carbocycles. The van der Waals surface area contributed by atoms with Gasteiger partial charge in [0, 0.05) is 5.25 Å². The standard InChI is InChI=1S/C19H22N4O2S2/c1-2-6-15-22-23-17(20)14(18(24)21-19(23)27-15)11-12-9-10-16(25-12)26-13-7-4-3-5-8-13/h9-11,13,20H,2-8H2,1H3/b14-11+,20-17?. The number of aliphatic imine (C=N–C) groups is 1. The molecule has 4 rings (SSSR count). The van der Waals surface area contributed by atoms with Crippen LogP contribution in [-0.2, 0) is 4.79 Å². The smallest absolute Gasteiger partial charge is 0.283 e. The lowest BCUT2D eigenvalue weighted by Gasteiger charge is -2.20. The number of thioether (sulfide) groups is 2. The first-order valence-electron chi connectivity index (χ1n) is 9.39. The van der Waals surface area contributed by atoms with Gasteiger partial charge >= 0.3 is 0 Å². The Hall–Kier alpha value is -1.80. The summed E-state index contributed by atoms with van der Waals surface area (Å²) in [4.78, 5) is 16.5. The Morgan fingerprint density at radius 2 is 2.19 bits per heavy atom. The summed E-state index contributed by atoms with van der Waals surface area (Å²) < 4.78 is 5.89. The van der Waals surface area contributed by atoms with Gasteiger partial charge in [0.15, 0.2) is 10.9 Å². The van der Waals surface area contributed by atoms with Crippen molar-refractivity contribution in [3.05, 3.63) is 23.5 Å². The fourth-order valence-corrected chi connectivity index (χ4v) is 5.49. The molecule has 8 heteroatoms. The molecule has 3 heterocycles. The van der Waals surface area contributed by atoms with Crippen molar-refractivity contribution >= 4 is 51.6 Å². The molecular formula is C19H22N4O2S2. The van der Waals surface area contributed by atoms with Gasteiger partial charge in [-0.2, -0.15) is 15.1 Å². The van der Waals surface area contributed by atoms with Crippen LogP contribution in [-0.4, -0.2) is 32.2 Å². The first-order valence-corrected chi connectivity index (χ1v) is 11.1. The van der Waals surface area contributed by atoms with Crippen LogP contribution in [0.5, 0.6) is 0 Å². The minimum absolute atomic E-state index is 0.0569. The van der Waals surface area contributed by atoms with Crippen LogP contribution >= 0.6 is 23.5 Å². The van der Waals surface area contributed by atoms with Crippen molar-refractivity contribution in [2.24, 2.45) is 10.1 Å². The number of hydrogen-bond acceptors (Lipinski definition) is 6. The van der Waals surface area contributed by atoms with E-state index in [1.54, 1.807) is 17.8 Å². The molecule has 1 aromatic rings. The van der Waals surface area contributed by atoms with Crippen molar-refractivity contribution in [2.75, 3.05) is 0 Å². The maximum Gasteiger partial charge on any atom is 0.283 e. The summed E-state index contributed by atoms with van der Waals surface area (Å²) in [6, 6.07) is 3.79. The average Bonchev–Trinajstić information content (AvgIpc) is 3.26. The Kier molecular flexibility index (Phi) is 5.54. The van der Waals surface area contributed by atoms with E-state index in [-0.39, 0.29) is 11.4 Å². The van der Waals surface area contributed by atoms with E-state index in [0.29, 0.717) is 16.2 Å². The van der Waals surface area contributed by atoms with Crippen LogP contribution in [0.3, 0.4) is 0 Å². The lowest BCUT2D eigenvalue weighted by Crippen LogP contribution is -2.35. The van der Waals surface area contributed by atoms with Gasteiger partial charge in [-0.1, -0.05) is 37.9 Å². The quantitative estimate of drug-likeness (QED) is 0.691. The summed E-state index contributed by atoms with van der Waals surface area (Å²) >= 11 is 3.14. The van der Waals surface area contributed by atoms with E-state index in [1.165, 1.54) is 48.9 Å². The Labute approximate surface area is 167 Å². The molecule has 0 bridgehead atoms. The number of furan rings is 1. The van der Waals surface area contributed by atoms with Crippen LogP contribution in [0.1, 0.15) is 57.6 Å². The number of hydrazone groups is 1. The summed E-state index contributed by atoms with van der Waals surface area (Å²) in [5.41, 5.74) is 0.212. The number of fused-ring (bicyclic) bond motifs is 1. The van der Waals surface area contributed by atoms with E-state index < -0.39 is 5.91 Å². The monoisotopic (exact) mass is 402 g/mol. The Balaban J connectivity index is 1.50. The van der Waals surface area contributed by atoms with Gasteiger partial charge in [-0.25, -0.2) is 0 Å². The zero-order chi connectivity index (χ0) is 18.8. The van der Waals surface area contributed by atoms with Crippen LogP contribution in [0.15, 0.2) is 37.3 Å². The minimum atomic E-state index is -0.412. The summed E-state index contributed by atoms with van der Waals surface area (Å²) in [6.07, 6.45) is 9.75. The number of carbonyl (C=O) groups excluding carboxylic acids is 1. The van der Waals surface area contributed by atoms with E-state index >= 15 is 0 Å². The molecule has 142 valence electrons. The fraction of sp³-hybridized carbons (Fsp3) is 0.474. The molecule has 3 aliphatic rings. The third-order valence-corrected chi connectivity index (χ3v) is 6.91. The first kappa shape index (κ1) is 18.6. The highest BCUT2D eigenvalue weighted by atomic mass is 32.2. The van der Waals surface area contributed by atoms with Gasteiger partial charge in [-0.15, -0.1) is 0 Å². The topological polar surface area (TPSA) is 82.0 Å². The summed E-state index contributed by atoms with van der Waals surface area (Å²) in [6.45, 7) is 2.07. The molecule has 1 amide bonds. The van der Waals surface area contributed by atoms with Gasteiger partial charge in [-0.3, -0.25) is 10.2 Å². The second kappa shape index (κ2) is 8.06. The van der Waals surface area contributed by atoms with Gasteiger partial charge in [0.05, 0.1) is 5.57 Å². The Morgan fingerprint density at radius 3 is 2.96 bits per heavy atom. The maximum absolute atomic E-state index is 12.4. The first-order chi connectivity index (χ1) is 13.1. The van der Waals surface area contributed by atoms with Gasteiger partial charge in [0.2, 0.25) is 5.17 Å².